The van der Waals surface area contributed by atoms with Gasteiger partial charge in [0.2, 0.25) is 0 Å². The number of methoxy groups -OCH3 is 1. The molecule has 0 unspecified atom stereocenters. The Bertz CT molecular complexity index is 1590. The molecule has 2 aromatic heterocycles. The number of thioether (sulfide) groups is 1. The minimum absolute atomic E-state index is 0.0544. The van der Waals surface area contributed by atoms with Gasteiger partial charge in [-0.3, -0.25) is 14.2 Å². The first-order chi connectivity index (χ1) is 19.0. The van der Waals surface area contributed by atoms with Crippen molar-refractivity contribution in [1.82, 2.24) is 15.0 Å². The van der Waals surface area contributed by atoms with Gasteiger partial charge < -0.3 is 9.47 Å². The smallest absolute Gasteiger partial charge is 0.267 e. The molecule has 4 aromatic rings. The van der Waals surface area contributed by atoms with Crippen molar-refractivity contribution in [2.75, 3.05) is 19.5 Å². The van der Waals surface area contributed by atoms with Crippen LogP contribution in [-0.2, 0) is 17.6 Å². The number of rotatable bonds is 9. The molecule has 39 heavy (non-hydrogen) atoms. The van der Waals surface area contributed by atoms with Crippen molar-refractivity contribution < 1.29 is 14.3 Å². The van der Waals surface area contributed by atoms with Crippen LogP contribution in [0.3, 0.4) is 0 Å². The van der Waals surface area contributed by atoms with Crippen LogP contribution in [-0.4, -0.2) is 41.1 Å². The van der Waals surface area contributed by atoms with Gasteiger partial charge in [0.1, 0.15) is 4.83 Å². The van der Waals surface area contributed by atoms with Crippen molar-refractivity contribution in [3.05, 3.63) is 74.4 Å². The van der Waals surface area contributed by atoms with Gasteiger partial charge in [-0.05, 0) is 81.0 Å². The number of nitrogens with one attached hydrogen (secondary N) is 1. The third-order valence-electron chi connectivity index (χ3n) is 6.47. The van der Waals surface area contributed by atoms with Gasteiger partial charge in [0, 0.05) is 4.88 Å². The van der Waals surface area contributed by atoms with E-state index in [4.69, 9.17) is 14.5 Å². The van der Waals surface area contributed by atoms with Gasteiger partial charge in [-0.1, -0.05) is 29.5 Å². The van der Waals surface area contributed by atoms with E-state index in [-0.39, 0.29) is 17.2 Å². The van der Waals surface area contributed by atoms with Crippen LogP contribution in [0.5, 0.6) is 11.5 Å². The van der Waals surface area contributed by atoms with Crippen molar-refractivity contribution in [2.45, 2.75) is 44.7 Å². The number of fused-ring (bicyclic) bond motifs is 3. The van der Waals surface area contributed by atoms with Crippen LogP contribution in [0.1, 0.15) is 41.3 Å². The second kappa shape index (κ2) is 12.0. The molecule has 0 spiro atoms. The Kier molecular flexibility index (Phi) is 8.33. The Morgan fingerprint density at radius 3 is 2.74 bits per heavy atom. The highest BCUT2D eigenvalue weighted by Gasteiger charge is 2.23. The Morgan fingerprint density at radius 1 is 1.18 bits per heavy atom. The summed E-state index contributed by atoms with van der Waals surface area (Å²) >= 11 is 2.83. The lowest BCUT2D eigenvalue weighted by molar-refractivity contribution is -0.118. The van der Waals surface area contributed by atoms with E-state index in [1.165, 1.54) is 16.6 Å². The Hall–Kier alpha value is -3.63. The molecule has 0 atom stereocenters. The third kappa shape index (κ3) is 5.86. The third-order valence-corrected chi connectivity index (χ3v) is 8.60. The number of carbonyl (C=O) groups is 1. The van der Waals surface area contributed by atoms with Crippen LogP contribution in [0.2, 0.25) is 0 Å². The first kappa shape index (κ1) is 27.0. The largest absolute Gasteiger partial charge is 0.493 e. The minimum atomic E-state index is -0.301. The fourth-order valence-corrected chi connectivity index (χ4v) is 6.69. The zero-order chi connectivity index (χ0) is 27.4. The average molecular weight is 563 g/mol. The molecular weight excluding hydrogens is 532 g/mol. The summed E-state index contributed by atoms with van der Waals surface area (Å²) in [4.78, 5) is 33.4. The molecule has 0 saturated heterocycles. The van der Waals surface area contributed by atoms with Crippen LogP contribution in [0.25, 0.3) is 15.9 Å². The SMILES string of the molecule is CCOc1ccc(/C=N\NC(=O)CSc2nc3sc4c(c3c(=O)n2-c2ccc(C)cc2)CCCC4)cc1OC. The Labute approximate surface area is 235 Å². The molecule has 2 aromatic carbocycles. The number of thiophene rings is 1. The number of benzene rings is 2. The number of hydrazone groups is 1. The molecule has 0 aliphatic heterocycles. The Morgan fingerprint density at radius 2 is 1.97 bits per heavy atom. The fraction of sp³-hybridized carbons (Fsp3) is 0.310. The fourth-order valence-electron chi connectivity index (χ4n) is 4.59. The maximum absolute atomic E-state index is 13.8. The molecule has 202 valence electrons. The molecule has 2 heterocycles. The van der Waals surface area contributed by atoms with Crippen molar-refractivity contribution >= 4 is 45.4 Å². The topological polar surface area (TPSA) is 94.8 Å². The zero-order valence-corrected chi connectivity index (χ0v) is 23.8. The highest BCUT2D eigenvalue weighted by atomic mass is 32.2. The van der Waals surface area contributed by atoms with E-state index in [0.717, 1.165) is 58.3 Å². The monoisotopic (exact) mass is 562 g/mol. The number of hydrogen-bond acceptors (Lipinski definition) is 8. The predicted octanol–water partition coefficient (Wildman–Crippen LogP) is 5.28. The van der Waals surface area contributed by atoms with Gasteiger partial charge in [0.05, 0.1) is 36.8 Å². The molecule has 1 amide bonds. The van der Waals surface area contributed by atoms with Crippen LogP contribution >= 0.6 is 23.1 Å². The lowest BCUT2D eigenvalue weighted by Crippen LogP contribution is -2.24. The summed E-state index contributed by atoms with van der Waals surface area (Å²) < 4.78 is 12.5. The van der Waals surface area contributed by atoms with Crippen molar-refractivity contribution in [3.63, 3.8) is 0 Å². The normalized spacial score (nSPS) is 13.0. The summed E-state index contributed by atoms with van der Waals surface area (Å²) in [5.41, 5.74) is 6.23. The van der Waals surface area contributed by atoms with Crippen LogP contribution in [0, 0.1) is 6.92 Å². The molecule has 0 bridgehead atoms. The number of nitrogens with zero attached hydrogens (tertiary/aromatic N) is 3. The second-order valence-electron chi connectivity index (χ2n) is 9.19. The number of ether oxygens (including phenoxy) is 2. The van der Waals surface area contributed by atoms with Crippen molar-refractivity contribution in [1.29, 1.82) is 0 Å². The van der Waals surface area contributed by atoms with Crippen molar-refractivity contribution in [3.8, 4) is 17.2 Å². The lowest BCUT2D eigenvalue weighted by Gasteiger charge is -2.13. The molecular formula is C29H30N4O4S2. The highest BCUT2D eigenvalue weighted by molar-refractivity contribution is 7.99. The molecule has 1 aliphatic rings. The molecule has 0 saturated carbocycles. The van der Waals surface area contributed by atoms with E-state index in [9.17, 15) is 9.59 Å². The summed E-state index contributed by atoms with van der Waals surface area (Å²) in [6.45, 7) is 4.45. The molecule has 5 rings (SSSR count). The number of hydrogen-bond donors (Lipinski definition) is 1. The van der Waals surface area contributed by atoms with E-state index >= 15 is 0 Å². The standard InChI is InChI=1S/C29H30N4O4S2/c1-4-37-22-14-11-19(15-23(22)36-3)16-30-32-25(34)17-38-29-31-27-26(21-7-5-6-8-24(21)39-27)28(35)33(29)20-12-9-18(2)10-13-20/h9-16H,4-8,17H2,1-3H3,(H,32,34)/b30-16-. The lowest BCUT2D eigenvalue weighted by atomic mass is 9.97. The van der Waals surface area contributed by atoms with E-state index in [0.29, 0.717) is 23.3 Å². The first-order valence-corrected chi connectivity index (χ1v) is 14.7. The quantitative estimate of drug-likeness (QED) is 0.129. The van der Waals surface area contributed by atoms with Gasteiger partial charge in [0.25, 0.3) is 11.5 Å². The molecule has 8 nitrogen and oxygen atoms in total. The molecule has 1 N–H and O–H groups in total. The van der Waals surface area contributed by atoms with Gasteiger partial charge in [-0.2, -0.15) is 5.10 Å². The van der Waals surface area contributed by atoms with Crippen molar-refractivity contribution in [2.24, 2.45) is 5.10 Å². The summed E-state index contributed by atoms with van der Waals surface area (Å²) in [6, 6.07) is 13.2. The van der Waals surface area contributed by atoms with Crippen LogP contribution in [0.15, 0.2) is 57.5 Å². The van der Waals surface area contributed by atoms with Gasteiger partial charge in [-0.25, -0.2) is 10.4 Å². The van der Waals surface area contributed by atoms with E-state index in [2.05, 4.69) is 10.5 Å². The van der Waals surface area contributed by atoms with E-state index in [1.54, 1.807) is 41.4 Å². The highest BCUT2D eigenvalue weighted by Crippen LogP contribution is 2.35. The average Bonchev–Trinajstić information content (AvgIpc) is 3.32. The number of carbonyl (C=O) groups excluding carboxylic acids is 1. The maximum Gasteiger partial charge on any atom is 0.267 e. The zero-order valence-electron chi connectivity index (χ0n) is 22.2. The molecule has 0 radical (unpaired) electrons. The molecule has 1 aliphatic carbocycles. The van der Waals surface area contributed by atoms with Gasteiger partial charge in [0.15, 0.2) is 16.7 Å². The van der Waals surface area contributed by atoms with E-state index in [1.807, 2.05) is 44.2 Å². The van der Waals surface area contributed by atoms with Gasteiger partial charge >= 0.3 is 0 Å². The summed E-state index contributed by atoms with van der Waals surface area (Å²) in [5.74, 6) is 0.991. The second-order valence-corrected chi connectivity index (χ2v) is 11.2. The summed E-state index contributed by atoms with van der Waals surface area (Å²) in [6.07, 6.45) is 5.67. The summed E-state index contributed by atoms with van der Waals surface area (Å²) in [5, 5.41) is 5.30. The summed E-state index contributed by atoms with van der Waals surface area (Å²) in [7, 11) is 1.57. The number of aryl methyl sites for hydroxylation is 3. The van der Waals surface area contributed by atoms with Gasteiger partial charge in [-0.15, -0.1) is 11.3 Å². The minimum Gasteiger partial charge on any atom is -0.493 e. The maximum atomic E-state index is 13.8. The number of aromatic nitrogens is 2. The predicted molar refractivity (Wildman–Crippen MR) is 157 cm³/mol. The first-order valence-electron chi connectivity index (χ1n) is 12.9. The van der Waals surface area contributed by atoms with E-state index < -0.39 is 0 Å². The molecule has 0 fully saturated rings. The van der Waals surface area contributed by atoms with Crippen LogP contribution in [0.4, 0.5) is 0 Å². The Balaban J connectivity index is 1.36. The number of amides is 1. The molecule has 10 heteroatoms. The van der Waals surface area contributed by atoms with Crippen LogP contribution < -0.4 is 20.5 Å².